The number of aryl methyl sites for hydroxylation is 2. The minimum absolute atomic E-state index is 0.0319. The molecule has 0 unspecified atom stereocenters. The molecule has 26 heavy (non-hydrogen) atoms. The first-order chi connectivity index (χ1) is 12.6. The van der Waals surface area contributed by atoms with Gasteiger partial charge in [0, 0.05) is 17.7 Å². The van der Waals surface area contributed by atoms with Crippen LogP contribution in [0.15, 0.2) is 53.1 Å². The van der Waals surface area contributed by atoms with E-state index in [0.717, 1.165) is 35.1 Å². The molecule has 2 heterocycles. The molecule has 2 aromatic carbocycles. The van der Waals surface area contributed by atoms with E-state index in [9.17, 15) is 4.79 Å². The van der Waals surface area contributed by atoms with Crippen LogP contribution in [0, 0.1) is 13.8 Å². The van der Waals surface area contributed by atoms with Gasteiger partial charge in [0.1, 0.15) is 6.04 Å². The van der Waals surface area contributed by atoms with Crippen molar-refractivity contribution in [3.63, 3.8) is 0 Å². The Morgan fingerprint density at radius 2 is 1.96 bits per heavy atom. The van der Waals surface area contributed by atoms with Gasteiger partial charge in [0.2, 0.25) is 11.7 Å². The van der Waals surface area contributed by atoms with Crippen LogP contribution in [0.5, 0.6) is 0 Å². The largest absolute Gasteiger partial charge is 0.337 e. The molecular formula is C21H21N3O2. The average Bonchev–Trinajstić information content (AvgIpc) is 3.31. The van der Waals surface area contributed by atoms with E-state index in [1.165, 1.54) is 0 Å². The van der Waals surface area contributed by atoms with Crippen LogP contribution >= 0.6 is 0 Å². The molecule has 0 saturated carbocycles. The fourth-order valence-electron chi connectivity index (χ4n) is 3.55. The second-order valence-corrected chi connectivity index (χ2v) is 6.80. The summed E-state index contributed by atoms with van der Waals surface area (Å²) in [6, 6.07) is 15.5. The molecule has 5 heteroatoms. The van der Waals surface area contributed by atoms with Gasteiger partial charge in [-0.05, 0) is 38.3 Å². The first kappa shape index (κ1) is 16.5. The van der Waals surface area contributed by atoms with Gasteiger partial charge >= 0.3 is 0 Å². The molecule has 1 aliphatic rings. The number of aromatic nitrogens is 2. The predicted octanol–water partition coefficient (Wildman–Crippen LogP) is 4.33. The van der Waals surface area contributed by atoms with Crippen LogP contribution in [0.25, 0.3) is 11.4 Å². The van der Waals surface area contributed by atoms with Crippen LogP contribution in [0.2, 0.25) is 0 Å². The lowest BCUT2D eigenvalue weighted by Gasteiger charge is -2.22. The highest BCUT2D eigenvalue weighted by Gasteiger charge is 2.35. The minimum atomic E-state index is -0.159. The molecule has 0 spiro atoms. The minimum Gasteiger partial charge on any atom is -0.337 e. The Labute approximate surface area is 152 Å². The van der Waals surface area contributed by atoms with Crippen molar-refractivity contribution in [2.75, 3.05) is 6.54 Å². The Bertz CT molecular complexity index is 933. The zero-order chi connectivity index (χ0) is 18.1. The number of benzene rings is 2. The van der Waals surface area contributed by atoms with Crippen molar-refractivity contribution >= 4 is 5.91 Å². The zero-order valence-electron chi connectivity index (χ0n) is 15.0. The average molecular weight is 347 g/mol. The number of amides is 1. The van der Waals surface area contributed by atoms with Crippen LogP contribution in [0.3, 0.4) is 0 Å². The SMILES string of the molecule is Cc1ccc(C(=O)N2CCC[C@H]2c2nc(-c3ccccc3)no2)c(C)c1. The first-order valence-electron chi connectivity index (χ1n) is 8.91. The van der Waals surface area contributed by atoms with Crippen molar-refractivity contribution in [2.45, 2.75) is 32.7 Å². The number of likely N-dealkylation sites (tertiary alicyclic amines) is 1. The number of carbonyl (C=O) groups excluding carboxylic acids is 1. The molecule has 1 atom stereocenters. The summed E-state index contributed by atoms with van der Waals surface area (Å²) in [4.78, 5) is 19.5. The third-order valence-corrected chi connectivity index (χ3v) is 4.88. The molecule has 0 aliphatic carbocycles. The second kappa shape index (κ2) is 6.75. The summed E-state index contributed by atoms with van der Waals surface area (Å²) in [6.45, 7) is 4.72. The van der Waals surface area contributed by atoms with Crippen molar-refractivity contribution in [2.24, 2.45) is 0 Å². The van der Waals surface area contributed by atoms with Gasteiger partial charge in [-0.1, -0.05) is 53.2 Å². The van der Waals surface area contributed by atoms with Gasteiger partial charge in [0.15, 0.2) is 0 Å². The highest BCUT2D eigenvalue weighted by atomic mass is 16.5. The molecule has 0 bridgehead atoms. The monoisotopic (exact) mass is 347 g/mol. The van der Waals surface area contributed by atoms with Gasteiger partial charge in [-0.15, -0.1) is 0 Å². The fraction of sp³-hybridized carbons (Fsp3) is 0.286. The van der Waals surface area contributed by atoms with Gasteiger partial charge in [-0.25, -0.2) is 0 Å². The maximum absolute atomic E-state index is 13.1. The van der Waals surface area contributed by atoms with Crippen molar-refractivity contribution in [1.82, 2.24) is 15.0 Å². The molecule has 132 valence electrons. The highest BCUT2D eigenvalue weighted by Crippen LogP contribution is 2.33. The third kappa shape index (κ3) is 3.01. The molecule has 5 nitrogen and oxygen atoms in total. The molecule has 0 N–H and O–H groups in total. The van der Waals surface area contributed by atoms with E-state index in [-0.39, 0.29) is 11.9 Å². The van der Waals surface area contributed by atoms with E-state index in [4.69, 9.17) is 4.52 Å². The van der Waals surface area contributed by atoms with Crippen LogP contribution < -0.4 is 0 Å². The summed E-state index contributed by atoms with van der Waals surface area (Å²) in [5, 5.41) is 4.10. The summed E-state index contributed by atoms with van der Waals surface area (Å²) < 4.78 is 5.51. The number of carbonyl (C=O) groups is 1. The van der Waals surface area contributed by atoms with E-state index in [2.05, 4.69) is 10.1 Å². The summed E-state index contributed by atoms with van der Waals surface area (Å²) in [5.74, 6) is 1.11. The zero-order valence-corrected chi connectivity index (χ0v) is 15.0. The number of rotatable bonds is 3. The molecule has 1 amide bonds. The molecule has 1 fully saturated rings. The molecular weight excluding hydrogens is 326 g/mol. The van der Waals surface area contributed by atoms with E-state index in [1.54, 1.807) is 0 Å². The van der Waals surface area contributed by atoms with E-state index >= 15 is 0 Å². The highest BCUT2D eigenvalue weighted by molar-refractivity contribution is 5.96. The van der Waals surface area contributed by atoms with Gasteiger partial charge in [0.25, 0.3) is 5.91 Å². The Kier molecular flexibility index (Phi) is 4.29. The Morgan fingerprint density at radius 3 is 2.73 bits per heavy atom. The molecule has 1 aliphatic heterocycles. The molecule has 0 radical (unpaired) electrons. The lowest BCUT2D eigenvalue weighted by Crippen LogP contribution is -2.31. The van der Waals surface area contributed by atoms with E-state index in [1.807, 2.05) is 67.3 Å². The van der Waals surface area contributed by atoms with Crippen molar-refractivity contribution in [1.29, 1.82) is 0 Å². The summed E-state index contributed by atoms with van der Waals surface area (Å²) in [7, 11) is 0. The van der Waals surface area contributed by atoms with Gasteiger partial charge in [-0.3, -0.25) is 4.79 Å². The molecule has 3 aromatic rings. The lowest BCUT2D eigenvalue weighted by atomic mass is 10.0. The molecule has 1 saturated heterocycles. The van der Waals surface area contributed by atoms with Gasteiger partial charge in [0.05, 0.1) is 0 Å². The normalized spacial score (nSPS) is 16.8. The Morgan fingerprint density at radius 1 is 1.15 bits per heavy atom. The van der Waals surface area contributed by atoms with Crippen molar-refractivity contribution in [3.8, 4) is 11.4 Å². The predicted molar refractivity (Wildman–Crippen MR) is 98.7 cm³/mol. The maximum atomic E-state index is 13.1. The van der Waals surface area contributed by atoms with E-state index in [0.29, 0.717) is 18.3 Å². The fourth-order valence-corrected chi connectivity index (χ4v) is 3.55. The smallest absolute Gasteiger partial charge is 0.254 e. The summed E-state index contributed by atoms with van der Waals surface area (Å²) in [6.07, 6.45) is 1.78. The Balaban J connectivity index is 1.61. The van der Waals surface area contributed by atoms with E-state index < -0.39 is 0 Å². The van der Waals surface area contributed by atoms with Crippen LogP contribution in [0.4, 0.5) is 0 Å². The van der Waals surface area contributed by atoms with Gasteiger partial charge in [-0.2, -0.15) is 4.98 Å². The standard InChI is InChI=1S/C21H21N3O2/c1-14-10-11-17(15(2)13-14)21(25)24-12-6-9-18(24)20-22-19(23-26-20)16-7-4-3-5-8-16/h3-5,7-8,10-11,13,18H,6,9,12H2,1-2H3/t18-/m0/s1. The number of nitrogens with zero attached hydrogens (tertiary/aromatic N) is 3. The molecule has 4 rings (SSSR count). The van der Waals surface area contributed by atoms with Gasteiger partial charge < -0.3 is 9.42 Å². The Hall–Kier alpha value is -2.95. The third-order valence-electron chi connectivity index (χ3n) is 4.88. The quantitative estimate of drug-likeness (QED) is 0.707. The number of hydrogen-bond acceptors (Lipinski definition) is 4. The number of hydrogen-bond donors (Lipinski definition) is 0. The first-order valence-corrected chi connectivity index (χ1v) is 8.91. The van der Waals surface area contributed by atoms with Crippen LogP contribution in [0.1, 0.15) is 46.3 Å². The second-order valence-electron chi connectivity index (χ2n) is 6.80. The maximum Gasteiger partial charge on any atom is 0.254 e. The topological polar surface area (TPSA) is 59.2 Å². The van der Waals surface area contributed by atoms with Crippen molar-refractivity contribution < 1.29 is 9.32 Å². The summed E-state index contributed by atoms with van der Waals surface area (Å²) in [5.41, 5.74) is 3.80. The summed E-state index contributed by atoms with van der Waals surface area (Å²) >= 11 is 0. The van der Waals surface area contributed by atoms with Crippen LogP contribution in [-0.2, 0) is 0 Å². The van der Waals surface area contributed by atoms with Crippen molar-refractivity contribution in [3.05, 3.63) is 71.1 Å². The van der Waals surface area contributed by atoms with Crippen LogP contribution in [-0.4, -0.2) is 27.5 Å². The lowest BCUT2D eigenvalue weighted by molar-refractivity contribution is 0.0709. The molecule has 1 aromatic heterocycles.